The Morgan fingerprint density at radius 1 is 1.27 bits per heavy atom. The van der Waals surface area contributed by atoms with E-state index in [1.807, 2.05) is 12.1 Å². The Bertz CT molecular complexity index is 857. The van der Waals surface area contributed by atoms with Crippen molar-refractivity contribution in [2.75, 3.05) is 6.61 Å². The summed E-state index contributed by atoms with van der Waals surface area (Å²) < 4.78 is 5.15. The lowest BCUT2D eigenvalue weighted by atomic mass is 10.1. The summed E-state index contributed by atoms with van der Waals surface area (Å²) in [6.07, 6.45) is 0.278. The average molecular weight is 417 g/mol. The number of rotatable bonds is 7. The third-order valence-electron chi connectivity index (χ3n) is 3.59. The van der Waals surface area contributed by atoms with E-state index in [4.69, 9.17) is 10.00 Å². The van der Waals surface area contributed by atoms with Crippen molar-refractivity contribution in [3.05, 3.63) is 57.3 Å². The van der Waals surface area contributed by atoms with Crippen LogP contribution in [0.2, 0.25) is 0 Å². The van der Waals surface area contributed by atoms with Gasteiger partial charge in [0.25, 0.3) is 0 Å². The zero-order valence-corrected chi connectivity index (χ0v) is 15.7. The summed E-state index contributed by atoms with van der Waals surface area (Å²) >= 11 is 3.23. The second-order valence-electron chi connectivity index (χ2n) is 5.51. The van der Waals surface area contributed by atoms with Crippen LogP contribution in [0.3, 0.4) is 0 Å². The summed E-state index contributed by atoms with van der Waals surface area (Å²) in [4.78, 5) is 28.0. The molecule has 0 bridgehead atoms. The van der Waals surface area contributed by atoms with Gasteiger partial charge in [0.1, 0.15) is 5.69 Å². The Morgan fingerprint density at radius 3 is 2.58 bits per heavy atom. The summed E-state index contributed by atoms with van der Waals surface area (Å²) in [6.45, 7) is 1.94. The molecule has 0 aliphatic rings. The van der Waals surface area contributed by atoms with Crippen molar-refractivity contribution >= 4 is 27.7 Å². The molecular formula is C19H17BrN2O4. The van der Waals surface area contributed by atoms with E-state index in [1.54, 1.807) is 25.1 Å². The minimum atomic E-state index is -0.465. The number of nitriles is 1. The van der Waals surface area contributed by atoms with Gasteiger partial charge in [-0.05, 0) is 46.6 Å². The molecule has 0 atom stereocenters. The molecule has 1 aromatic carbocycles. The minimum absolute atomic E-state index is 0.0642. The molecule has 0 unspecified atom stereocenters. The first kappa shape index (κ1) is 19.6. The molecule has 0 fully saturated rings. The first-order valence-corrected chi connectivity index (χ1v) is 8.80. The number of hydrogen-bond acceptors (Lipinski definition) is 6. The van der Waals surface area contributed by atoms with Crippen molar-refractivity contribution < 1.29 is 19.4 Å². The zero-order valence-electron chi connectivity index (χ0n) is 14.2. The summed E-state index contributed by atoms with van der Waals surface area (Å²) in [5, 5.41) is 19.0. The van der Waals surface area contributed by atoms with Gasteiger partial charge in [-0.3, -0.25) is 9.59 Å². The molecule has 0 spiro atoms. The quantitative estimate of drug-likeness (QED) is 0.547. The zero-order chi connectivity index (χ0) is 19.1. The molecule has 2 aromatic rings. The molecule has 0 saturated carbocycles. The Balaban J connectivity index is 2.18. The van der Waals surface area contributed by atoms with Crippen molar-refractivity contribution in [3.63, 3.8) is 0 Å². The van der Waals surface area contributed by atoms with Crippen LogP contribution < -0.4 is 0 Å². The Morgan fingerprint density at radius 2 is 1.96 bits per heavy atom. The van der Waals surface area contributed by atoms with E-state index < -0.39 is 11.8 Å². The Labute approximate surface area is 159 Å². The van der Waals surface area contributed by atoms with Gasteiger partial charge in [-0.15, -0.1) is 0 Å². The van der Waals surface area contributed by atoms with E-state index in [2.05, 4.69) is 27.0 Å². The van der Waals surface area contributed by atoms with Crippen LogP contribution in [-0.4, -0.2) is 28.4 Å². The predicted octanol–water partition coefficient (Wildman–Crippen LogP) is 3.54. The number of ketones is 1. The van der Waals surface area contributed by atoms with Crippen LogP contribution in [0.5, 0.6) is 5.75 Å². The van der Waals surface area contributed by atoms with Gasteiger partial charge in [0, 0.05) is 18.5 Å². The normalized spacial score (nSPS) is 10.2. The lowest BCUT2D eigenvalue weighted by Gasteiger charge is -2.09. The number of halogens is 1. The molecule has 0 aliphatic heterocycles. The van der Waals surface area contributed by atoms with Gasteiger partial charge in [-0.2, -0.15) is 5.26 Å². The second-order valence-corrected chi connectivity index (χ2v) is 6.36. The number of aromatic hydroxyl groups is 1. The van der Waals surface area contributed by atoms with Gasteiger partial charge in [0.2, 0.25) is 0 Å². The average Bonchev–Trinajstić information content (AvgIpc) is 2.63. The van der Waals surface area contributed by atoms with Crippen molar-refractivity contribution in [1.29, 1.82) is 5.26 Å². The van der Waals surface area contributed by atoms with E-state index in [0.29, 0.717) is 22.2 Å². The highest BCUT2D eigenvalue weighted by molar-refractivity contribution is 9.10. The number of carbonyl (C=O) groups is 2. The number of carbonyl (C=O) groups excluding carboxylic acids is 2. The van der Waals surface area contributed by atoms with E-state index in [0.717, 1.165) is 5.56 Å². The van der Waals surface area contributed by atoms with Crippen LogP contribution in [0.1, 0.15) is 47.1 Å². The monoisotopic (exact) mass is 416 g/mol. The van der Waals surface area contributed by atoms with Crippen LogP contribution in [0.4, 0.5) is 0 Å². The molecule has 1 N–H and O–H groups in total. The molecule has 7 heteroatoms. The Kier molecular flexibility index (Phi) is 6.87. The first-order chi connectivity index (χ1) is 12.4. The van der Waals surface area contributed by atoms with Gasteiger partial charge >= 0.3 is 5.97 Å². The molecule has 26 heavy (non-hydrogen) atoms. The number of benzene rings is 1. The number of Topliss-reactive ketones (excluding diaryl/α,β-unsaturated/α-hetero) is 1. The van der Waals surface area contributed by atoms with Crippen molar-refractivity contribution in [2.24, 2.45) is 0 Å². The fraction of sp³-hybridized carbons (Fsp3) is 0.263. The molecule has 134 valence electrons. The summed E-state index contributed by atoms with van der Waals surface area (Å²) in [7, 11) is 0. The minimum Gasteiger partial charge on any atom is -0.504 e. The SMILES string of the molecule is CCOC(=O)CCC(=O)c1nc(Cc2ccc(C#N)cc2)cc(Br)c1O. The molecule has 2 rings (SSSR count). The van der Waals surface area contributed by atoms with Crippen LogP contribution >= 0.6 is 15.9 Å². The number of aromatic nitrogens is 1. The molecule has 6 nitrogen and oxygen atoms in total. The van der Waals surface area contributed by atoms with Gasteiger partial charge in [-0.1, -0.05) is 12.1 Å². The second kappa shape index (κ2) is 9.11. The smallest absolute Gasteiger partial charge is 0.306 e. The van der Waals surface area contributed by atoms with E-state index in [9.17, 15) is 14.7 Å². The topological polar surface area (TPSA) is 100 Å². The molecule has 0 saturated heterocycles. The van der Waals surface area contributed by atoms with Crippen LogP contribution in [0, 0.1) is 11.3 Å². The van der Waals surface area contributed by atoms with Gasteiger partial charge in [-0.25, -0.2) is 4.98 Å². The molecule has 0 radical (unpaired) electrons. The standard InChI is InChI=1S/C19H17BrN2O4/c1-2-26-17(24)8-7-16(23)18-19(25)15(20)10-14(22-18)9-12-3-5-13(11-21)6-4-12/h3-6,10,25H,2,7-9H2,1H3. The van der Waals surface area contributed by atoms with E-state index >= 15 is 0 Å². The number of nitrogens with zero attached hydrogens (tertiary/aromatic N) is 2. The summed E-state index contributed by atoms with van der Waals surface area (Å²) in [5.74, 6) is -1.14. The first-order valence-electron chi connectivity index (χ1n) is 8.00. The van der Waals surface area contributed by atoms with Crippen molar-refractivity contribution in [2.45, 2.75) is 26.2 Å². The largest absolute Gasteiger partial charge is 0.504 e. The van der Waals surface area contributed by atoms with Crippen molar-refractivity contribution in [3.8, 4) is 11.8 Å². The molecular weight excluding hydrogens is 400 g/mol. The third-order valence-corrected chi connectivity index (χ3v) is 4.20. The maximum atomic E-state index is 12.3. The number of hydrogen-bond donors (Lipinski definition) is 1. The highest BCUT2D eigenvalue weighted by atomic mass is 79.9. The molecule has 0 amide bonds. The van der Waals surface area contributed by atoms with Crippen LogP contribution in [0.25, 0.3) is 0 Å². The predicted molar refractivity (Wildman–Crippen MR) is 97.8 cm³/mol. The molecule has 0 aliphatic carbocycles. The lowest BCUT2D eigenvalue weighted by Crippen LogP contribution is -2.10. The third kappa shape index (κ3) is 5.14. The van der Waals surface area contributed by atoms with E-state index in [-0.39, 0.29) is 30.9 Å². The van der Waals surface area contributed by atoms with Crippen LogP contribution in [-0.2, 0) is 16.0 Å². The number of pyridine rings is 1. The number of esters is 1. The highest BCUT2D eigenvalue weighted by Crippen LogP contribution is 2.29. The lowest BCUT2D eigenvalue weighted by molar-refractivity contribution is -0.143. The van der Waals surface area contributed by atoms with Gasteiger partial charge < -0.3 is 9.84 Å². The summed E-state index contributed by atoms with van der Waals surface area (Å²) in [5.41, 5.74) is 1.98. The number of ether oxygens (including phenoxy) is 1. The van der Waals surface area contributed by atoms with Gasteiger partial charge in [0.15, 0.2) is 11.5 Å². The van der Waals surface area contributed by atoms with Gasteiger partial charge in [0.05, 0.1) is 29.1 Å². The van der Waals surface area contributed by atoms with Crippen molar-refractivity contribution in [1.82, 2.24) is 4.98 Å². The highest BCUT2D eigenvalue weighted by Gasteiger charge is 2.19. The summed E-state index contributed by atoms with van der Waals surface area (Å²) in [6, 6.07) is 10.7. The molecule has 1 aromatic heterocycles. The fourth-order valence-corrected chi connectivity index (χ4v) is 2.77. The fourth-order valence-electron chi connectivity index (χ4n) is 2.31. The van der Waals surface area contributed by atoms with Crippen LogP contribution in [0.15, 0.2) is 34.8 Å². The maximum Gasteiger partial charge on any atom is 0.306 e. The Hall–Kier alpha value is -2.72. The van der Waals surface area contributed by atoms with E-state index in [1.165, 1.54) is 0 Å². The molecule has 1 heterocycles. The maximum absolute atomic E-state index is 12.3.